The number of nitrogens with two attached hydrogens (primary N) is 1. The van der Waals surface area contributed by atoms with Crippen LogP contribution in [0, 0.1) is 0 Å². The molecule has 0 atom stereocenters. The van der Waals surface area contributed by atoms with E-state index in [4.69, 9.17) is 19.0 Å². The first-order valence-electron chi connectivity index (χ1n) is 6.00. The van der Waals surface area contributed by atoms with Crippen molar-refractivity contribution in [3.8, 4) is 0 Å². The van der Waals surface area contributed by atoms with Crippen molar-refractivity contribution in [2.75, 3.05) is 26.4 Å². The number of rotatable bonds is 8. The van der Waals surface area contributed by atoms with E-state index in [0.717, 1.165) is 6.42 Å². The normalized spacial score (nSPS) is 9.71. The highest BCUT2D eigenvalue weighted by Crippen LogP contribution is 1.91. The Morgan fingerprint density at radius 2 is 1.47 bits per heavy atom. The number of hydrogen-bond donors (Lipinski definition) is 2. The molecule has 0 saturated heterocycles. The zero-order valence-corrected chi connectivity index (χ0v) is 12.5. The zero-order valence-electron chi connectivity index (χ0n) is 11.3. The number of nitrogens with one attached hydrogen (secondary N) is 1. The monoisotopic (exact) mass is 266 g/mol. The van der Waals surface area contributed by atoms with Crippen LogP contribution in [0.25, 0.3) is 0 Å². The second-order valence-corrected chi connectivity index (χ2v) is 4.52. The molecule has 0 aliphatic rings. The first-order chi connectivity index (χ1) is 8.12. The summed E-state index contributed by atoms with van der Waals surface area (Å²) in [6.07, 6.45) is 0.933. The Bertz CT molecular complexity index is 158. The van der Waals surface area contributed by atoms with Crippen molar-refractivity contribution in [2.45, 2.75) is 34.1 Å². The van der Waals surface area contributed by atoms with Crippen LogP contribution in [0.4, 0.5) is 4.79 Å². The van der Waals surface area contributed by atoms with E-state index in [1.165, 1.54) is 0 Å². The molecule has 0 spiro atoms. The molecule has 0 aliphatic carbocycles. The van der Waals surface area contributed by atoms with Crippen LogP contribution in [0.1, 0.15) is 34.1 Å². The third-order valence-corrected chi connectivity index (χ3v) is 3.27. The number of amides is 2. The van der Waals surface area contributed by atoms with Gasteiger partial charge in [0, 0.05) is 26.4 Å². The summed E-state index contributed by atoms with van der Waals surface area (Å²) >= 11 is 0. The second kappa shape index (κ2) is 15.4. The molecular formula is C10H26N2O4Si. The highest BCUT2D eigenvalue weighted by Gasteiger charge is 2.11. The standard InChI is InChI=1S/C6H16O3Si.C4H10N2O/c1-4-7-10(8-5-2)9-6-3;1-2-3-6-4(5)7/h10H,4-6H2,1-3H3;2-3H2,1H3,(H3,5,6,7). The third kappa shape index (κ3) is 18.0. The van der Waals surface area contributed by atoms with Gasteiger partial charge in [0.1, 0.15) is 0 Å². The number of carbonyl (C=O) groups is 1. The van der Waals surface area contributed by atoms with Crippen molar-refractivity contribution in [3.05, 3.63) is 0 Å². The summed E-state index contributed by atoms with van der Waals surface area (Å²) in [4.78, 5) is 9.87. The topological polar surface area (TPSA) is 82.8 Å². The molecule has 104 valence electrons. The largest absolute Gasteiger partial charge is 0.484 e. The van der Waals surface area contributed by atoms with Crippen LogP contribution in [-0.4, -0.2) is 41.9 Å². The molecule has 0 aliphatic heterocycles. The Labute approximate surface area is 106 Å². The van der Waals surface area contributed by atoms with Crippen molar-refractivity contribution in [2.24, 2.45) is 5.73 Å². The highest BCUT2D eigenvalue weighted by atomic mass is 28.3. The average Bonchev–Trinajstić information content (AvgIpc) is 2.28. The van der Waals surface area contributed by atoms with Crippen molar-refractivity contribution >= 4 is 15.6 Å². The zero-order chi connectivity index (χ0) is 13.5. The summed E-state index contributed by atoms with van der Waals surface area (Å²) < 4.78 is 15.7. The van der Waals surface area contributed by atoms with E-state index in [9.17, 15) is 4.79 Å². The minimum Gasteiger partial charge on any atom is -0.376 e. The van der Waals surface area contributed by atoms with E-state index in [1.54, 1.807) is 0 Å². The summed E-state index contributed by atoms with van der Waals surface area (Å²) in [5, 5.41) is 2.43. The molecule has 0 bridgehead atoms. The van der Waals surface area contributed by atoms with Crippen LogP contribution in [-0.2, 0) is 13.3 Å². The van der Waals surface area contributed by atoms with E-state index in [2.05, 4.69) is 5.32 Å². The van der Waals surface area contributed by atoms with Gasteiger partial charge in [-0.05, 0) is 27.2 Å². The molecule has 0 saturated carbocycles. The van der Waals surface area contributed by atoms with E-state index in [0.29, 0.717) is 26.4 Å². The molecule has 0 heterocycles. The van der Waals surface area contributed by atoms with Crippen LogP contribution in [0.5, 0.6) is 0 Å². The van der Waals surface area contributed by atoms with Gasteiger partial charge in [0.25, 0.3) is 0 Å². The second-order valence-electron chi connectivity index (χ2n) is 2.95. The lowest BCUT2D eigenvalue weighted by Gasteiger charge is -2.12. The fourth-order valence-corrected chi connectivity index (χ4v) is 1.91. The fourth-order valence-electron chi connectivity index (χ4n) is 0.801. The van der Waals surface area contributed by atoms with Gasteiger partial charge in [-0.1, -0.05) is 6.92 Å². The molecule has 0 fully saturated rings. The van der Waals surface area contributed by atoms with Crippen molar-refractivity contribution in [3.63, 3.8) is 0 Å². The van der Waals surface area contributed by atoms with E-state index >= 15 is 0 Å². The Morgan fingerprint density at radius 3 is 1.65 bits per heavy atom. The number of carbonyl (C=O) groups excluding carboxylic acids is 1. The van der Waals surface area contributed by atoms with Gasteiger partial charge >= 0.3 is 15.6 Å². The van der Waals surface area contributed by atoms with Gasteiger partial charge in [0.15, 0.2) is 0 Å². The molecular weight excluding hydrogens is 240 g/mol. The quantitative estimate of drug-likeness (QED) is 0.639. The molecule has 0 aromatic rings. The lowest BCUT2D eigenvalue weighted by atomic mass is 10.5. The predicted molar refractivity (Wildman–Crippen MR) is 69.9 cm³/mol. The van der Waals surface area contributed by atoms with Crippen LogP contribution < -0.4 is 11.1 Å². The Kier molecular flexibility index (Phi) is 16.9. The molecule has 0 aromatic carbocycles. The van der Waals surface area contributed by atoms with Crippen molar-refractivity contribution < 1.29 is 18.1 Å². The van der Waals surface area contributed by atoms with E-state index in [-0.39, 0.29) is 0 Å². The lowest BCUT2D eigenvalue weighted by molar-refractivity contribution is 0.107. The first kappa shape index (κ1) is 18.7. The molecule has 17 heavy (non-hydrogen) atoms. The van der Waals surface area contributed by atoms with Crippen LogP contribution >= 0.6 is 0 Å². The maximum atomic E-state index is 9.87. The summed E-state index contributed by atoms with van der Waals surface area (Å²) in [6, 6.07) is -0.443. The highest BCUT2D eigenvalue weighted by molar-refractivity contribution is 6.36. The number of hydrogen-bond acceptors (Lipinski definition) is 4. The van der Waals surface area contributed by atoms with Gasteiger partial charge in [-0.2, -0.15) is 0 Å². The Hall–Kier alpha value is -0.633. The van der Waals surface area contributed by atoms with Crippen molar-refractivity contribution in [1.29, 1.82) is 0 Å². The van der Waals surface area contributed by atoms with Crippen molar-refractivity contribution in [1.82, 2.24) is 5.32 Å². The minimum atomic E-state index is -1.73. The summed E-state index contributed by atoms with van der Waals surface area (Å²) in [7, 11) is -1.73. The Balaban J connectivity index is 0. The molecule has 0 radical (unpaired) electrons. The maximum Gasteiger partial charge on any atom is 0.484 e. The van der Waals surface area contributed by atoms with Crippen LogP contribution in [0.2, 0.25) is 0 Å². The van der Waals surface area contributed by atoms with E-state index < -0.39 is 15.6 Å². The number of urea groups is 1. The smallest absolute Gasteiger partial charge is 0.376 e. The number of primary amides is 1. The van der Waals surface area contributed by atoms with Gasteiger partial charge in [-0.15, -0.1) is 0 Å². The lowest BCUT2D eigenvalue weighted by Crippen LogP contribution is -2.29. The maximum absolute atomic E-state index is 9.87. The van der Waals surface area contributed by atoms with Gasteiger partial charge in [0.2, 0.25) is 0 Å². The first-order valence-corrected chi connectivity index (χ1v) is 7.41. The van der Waals surface area contributed by atoms with Crippen LogP contribution in [0.3, 0.4) is 0 Å². The third-order valence-electron chi connectivity index (χ3n) is 1.46. The van der Waals surface area contributed by atoms with Crippen LogP contribution in [0.15, 0.2) is 0 Å². The van der Waals surface area contributed by atoms with Gasteiger partial charge < -0.3 is 24.3 Å². The van der Waals surface area contributed by atoms with E-state index in [1.807, 2.05) is 27.7 Å². The fraction of sp³-hybridized carbons (Fsp3) is 0.900. The van der Waals surface area contributed by atoms with Gasteiger partial charge in [-0.25, -0.2) is 4.79 Å². The predicted octanol–water partition coefficient (Wildman–Crippen LogP) is 0.878. The molecule has 7 heteroatoms. The summed E-state index contributed by atoms with van der Waals surface area (Å²) in [5.41, 5.74) is 4.73. The SMILES string of the molecule is CCCNC(N)=O.CCO[SiH](OCC)OCC. The molecule has 2 amide bonds. The van der Waals surface area contributed by atoms with Gasteiger partial charge in [-0.3, -0.25) is 0 Å². The average molecular weight is 266 g/mol. The Morgan fingerprint density at radius 1 is 1.06 bits per heavy atom. The molecule has 3 N–H and O–H groups in total. The minimum absolute atomic E-state index is 0.443. The molecule has 0 aromatic heterocycles. The molecule has 0 rings (SSSR count). The summed E-state index contributed by atoms with van der Waals surface area (Å²) in [5.74, 6) is 0. The summed E-state index contributed by atoms with van der Waals surface area (Å²) in [6.45, 7) is 10.5. The molecule has 0 unspecified atom stereocenters. The van der Waals surface area contributed by atoms with Gasteiger partial charge in [0.05, 0.1) is 0 Å². The molecule has 6 nitrogen and oxygen atoms in total.